The molecule has 0 aromatic heterocycles. The van der Waals surface area contributed by atoms with Gasteiger partial charge in [0.1, 0.15) is 6.10 Å². The molecule has 4 bridgehead atoms. The molecule has 2 unspecified atom stereocenters. The summed E-state index contributed by atoms with van der Waals surface area (Å²) in [7, 11) is 3.64. The fraction of sp³-hybridized carbons (Fsp3) is 0.806. The van der Waals surface area contributed by atoms with Crippen LogP contribution in [0.2, 0.25) is 0 Å². The SMILES string of the molecule is COc1ccc2c3c1O[C@H]1C(OC)[C@@H]4CC[C@@]5(C[C@@H]4C(C)(O)C(C)(C)C)[C@@H](C2)N(CC2CC2)CC[C@]315. The third kappa shape index (κ3) is 2.73. The molecule has 4 saturated carbocycles. The second-order valence-electron chi connectivity index (χ2n) is 14.3. The second-order valence-corrected chi connectivity index (χ2v) is 14.3. The van der Waals surface area contributed by atoms with Gasteiger partial charge in [0.15, 0.2) is 11.5 Å². The molecule has 5 aliphatic carbocycles. The third-order valence-corrected chi connectivity index (χ3v) is 12.2. The topological polar surface area (TPSA) is 51.2 Å². The van der Waals surface area contributed by atoms with E-state index in [0.717, 1.165) is 49.6 Å². The number of ether oxygens (including phenoxy) is 3. The van der Waals surface area contributed by atoms with Crippen LogP contribution in [0.3, 0.4) is 0 Å². The lowest BCUT2D eigenvalue weighted by Gasteiger charge is -2.65. The number of nitrogens with zero attached hydrogens (tertiary/aromatic N) is 1. The number of likely N-dealkylation sites (tertiary alicyclic amines) is 1. The molecule has 0 radical (unpaired) electrons. The first-order valence-corrected chi connectivity index (χ1v) is 14.5. The lowest BCUT2D eigenvalue weighted by Crippen LogP contribution is -2.70. The maximum atomic E-state index is 12.3. The van der Waals surface area contributed by atoms with Gasteiger partial charge in [-0.05, 0) is 93.2 Å². The number of benzene rings is 1. The van der Waals surface area contributed by atoms with Crippen molar-refractivity contribution in [2.45, 2.75) is 102 Å². The van der Waals surface area contributed by atoms with E-state index in [2.05, 4.69) is 44.7 Å². The Kier molecular flexibility index (Phi) is 4.90. The molecule has 7 aliphatic rings. The summed E-state index contributed by atoms with van der Waals surface area (Å²) in [5, 5.41) is 12.3. The molecule has 1 N–H and O–H groups in total. The van der Waals surface area contributed by atoms with E-state index in [9.17, 15) is 5.11 Å². The van der Waals surface area contributed by atoms with Gasteiger partial charge in [-0.25, -0.2) is 0 Å². The summed E-state index contributed by atoms with van der Waals surface area (Å²) in [6.45, 7) is 11.1. The van der Waals surface area contributed by atoms with Crippen LogP contribution in [-0.4, -0.2) is 61.2 Å². The lowest BCUT2D eigenvalue weighted by molar-refractivity contribution is -0.166. The Hall–Kier alpha value is -1.30. The van der Waals surface area contributed by atoms with Gasteiger partial charge in [-0.2, -0.15) is 0 Å². The Balaban J connectivity index is 1.47. The smallest absolute Gasteiger partial charge is 0.165 e. The van der Waals surface area contributed by atoms with Crippen molar-refractivity contribution in [3.05, 3.63) is 23.3 Å². The molecule has 2 spiro atoms. The van der Waals surface area contributed by atoms with Crippen LogP contribution < -0.4 is 9.47 Å². The van der Waals surface area contributed by atoms with Gasteiger partial charge < -0.3 is 19.3 Å². The molecule has 5 fully saturated rings. The summed E-state index contributed by atoms with van der Waals surface area (Å²) in [4.78, 5) is 2.88. The molecule has 198 valence electrons. The molecule has 36 heavy (non-hydrogen) atoms. The highest BCUT2D eigenvalue weighted by molar-refractivity contribution is 5.62. The molecule has 5 nitrogen and oxygen atoms in total. The van der Waals surface area contributed by atoms with Gasteiger partial charge in [0.2, 0.25) is 0 Å². The van der Waals surface area contributed by atoms with E-state index in [0.29, 0.717) is 6.04 Å². The first-order valence-electron chi connectivity index (χ1n) is 14.5. The minimum Gasteiger partial charge on any atom is -0.493 e. The number of piperidine rings is 1. The summed E-state index contributed by atoms with van der Waals surface area (Å²) in [5.41, 5.74) is 1.90. The van der Waals surface area contributed by atoms with E-state index in [-0.39, 0.29) is 40.3 Å². The zero-order valence-electron chi connectivity index (χ0n) is 23.1. The molecule has 1 saturated heterocycles. The predicted octanol–water partition coefficient (Wildman–Crippen LogP) is 4.96. The molecule has 1 aromatic rings. The van der Waals surface area contributed by atoms with Crippen molar-refractivity contribution in [1.29, 1.82) is 0 Å². The van der Waals surface area contributed by atoms with Crippen molar-refractivity contribution < 1.29 is 19.3 Å². The number of rotatable bonds is 5. The first-order chi connectivity index (χ1) is 17.1. The third-order valence-electron chi connectivity index (χ3n) is 12.2. The zero-order valence-corrected chi connectivity index (χ0v) is 23.1. The van der Waals surface area contributed by atoms with Crippen LogP contribution in [0.15, 0.2) is 12.1 Å². The Morgan fingerprint density at radius 2 is 1.89 bits per heavy atom. The van der Waals surface area contributed by atoms with E-state index in [1.54, 1.807) is 7.11 Å². The maximum absolute atomic E-state index is 12.3. The monoisotopic (exact) mass is 495 g/mol. The van der Waals surface area contributed by atoms with E-state index in [1.165, 1.54) is 36.9 Å². The number of hydrogen-bond donors (Lipinski definition) is 1. The van der Waals surface area contributed by atoms with Crippen LogP contribution in [0.25, 0.3) is 0 Å². The van der Waals surface area contributed by atoms with Gasteiger partial charge in [-0.3, -0.25) is 4.90 Å². The fourth-order valence-electron chi connectivity index (χ4n) is 9.88. The van der Waals surface area contributed by atoms with Crippen LogP contribution in [0.1, 0.15) is 77.3 Å². The van der Waals surface area contributed by atoms with Crippen molar-refractivity contribution in [3.8, 4) is 11.5 Å². The zero-order chi connectivity index (χ0) is 25.3. The first kappa shape index (κ1) is 23.8. The maximum Gasteiger partial charge on any atom is 0.165 e. The van der Waals surface area contributed by atoms with Gasteiger partial charge >= 0.3 is 0 Å². The van der Waals surface area contributed by atoms with Crippen molar-refractivity contribution in [2.24, 2.45) is 28.6 Å². The second kappa shape index (κ2) is 7.42. The molecule has 8 rings (SSSR count). The Bertz CT molecular complexity index is 1070. The quantitative estimate of drug-likeness (QED) is 0.626. The van der Waals surface area contributed by atoms with Crippen molar-refractivity contribution >= 4 is 0 Å². The molecule has 2 heterocycles. The van der Waals surface area contributed by atoms with Crippen molar-refractivity contribution in [2.75, 3.05) is 27.3 Å². The van der Waals surface area contributed by atoms with Crippen LogP contribution in [0, 0.1) is 28.6 Å². The minimum atomic E-state index is -0.787. The molecule has 0 amide bonds. The van der Waals surface area contributed by atoms with Crippen LogP contribution in [-0.2, 0) is 16.6 Å². The van der Waals surface area contributed by atoms with Crippen LogP contribution >= 0.6 is 0 Å². The summed E-state index contributed by atoms with van der Waals surface area (Å²) in [6, 6.07) is 4.95. The Morgan fingerprint density at radius 1 is 1.11 bits per heavy atom. The van der Waals surface area contributed by atoms with Gasteiger partial charge in [-0.1, -0.05) is 26.8 Å². The standard InChI is InChI=1S/C31H45NO4/c1-28(2,3)29(4,33)21-16-30-12-11-20(21)25(35-6)27-31(30)13-14-32(17-18-7-8-18)23(30)15-19-9-10-22(34-5)26(36-27)24(19)31/h9-10,18,20-21,23,25,27,33H,7-8,11-17H2,1-6H3/t20-,21+,23-,25?,27+,29?,30-,31+/m1/s1. The molecule has 2 aliphatic heterocycles. The van der Waals surface area contributed by atoms with Crippen molar-refractivity contribution in [3.63, 3.8) is 0 Å². The van der Waals surface area contributed by atoms with Gasteiger partial charge in [0, 0.05) is 36.1 Å². The molecule has 8 atom stereocenters. The number of hydrogen-bond acceptors (Lipinski definition) is 5. The van der Waals surface area contributed by atoms with Gasteiger partial charge in [0.05, 0.1) is 18.8 Å². The molecular formula is C31H45NO4. The normalized spacial score (nSPS) is 42.4. The Morgan fingerprint density at radius 3 is 2.56 bits per heavy atom. The minimum absolute atomic E-state index is 0.0216. The summed E-state index contributed by atoms with van der Waals surface area (Å²) in [6.07, 6.45) is 8.30. The highest BCUT2D eigenvalue weighted by Crippen LogP contribution is 2.74. The average Bonchev–Trinajstić information content (AvgIpc) is 3.61. The molecule has 5 heteroatoms. The largest absolute Gasteiger partial charge is 0.493 e. The van der Waals surface area contributed by atoms with Crippen molar-refractivity contribution in [1.82, 2.24) is 4.90 Å². The highest BCUT2D eigenvalue weighted by Gasteiger charge is 2.76. The van der Waals surface area contributed by atoms with E-state index < -0.39 is 5.60 Å². The average molecular weight is 496 g/mol. The van der Waals surface area contributed by atoms with E-state index in [4.69, 9.17) is 14.2 Å². The molecule has 1 aromatic carbocycles. The molecular weight excluding hydrogens is 450 g/mol. The number of methoxy groups -OCH3 is 2. The van der Waals surface area contributed by atoms with E-state index in [1.807, 2.05) is 7.11 Å². The van der Waals surface area contributed by atoms with Crippen LogP contribution in [0.5, 0.6) is 11.5 Å². The van der Waals surface area contributed by atoms with Gasteiger partial charge in [-0.15, -0.1) is 0 Å². The predicted molar refractivity (Wildman–Crippen MR) is 140 cm³/mol. The van der Waals surface area contributed by atoms with Crippen LogP contribution in [0.4, 0.5) is 0 Å². The fourth-order valence-corrected chi connectivity index (χ4v) is 9.88. The summed E-state index contributed by atoms with van der Waals surface area (Å²) in [5.74, 6) is 3.19. The lowest BCUT2D eigenvalue weighted by atomic mass is 9.43. The summed E-state index contributed by atoms with van der Waals surface area (Å²) >= 11 is 0. The highest BCUT2D eigenvalue weighted by atomic mass is 16.6. The van der Waals surface area contributed by atoms with Gasteiger partial charge in [0.25, 0.3) is 0 Å². The Labute approximate surface area is 216 Å². The van der Waals surface area contributed by atoms with E-state index >= 15 is 0 Å². The number of aliphatic hydroxyl groups is 1. The number of fused-ring (bicyclic) bond motifs is 2. The summed E-state index contributed by atoms with van der Waals surface area (Å²) < 4.78 is 19.4.